The molecule has 3 rings (SSSR count). The number of nitrogens with one attached hydrogen (secondary N) is 1. The summed E-state index contributed by atoms with van der Waals surface area (Å²) in [5.41, 5.74) is 2.24. The SMILES string of the molecule is C[C@@H](C(=O)Nc1ccccc1)N1CC[C@H](c2ccccc2)C1. The molecule has 0 saturated carbocycles. The number of rotatable bonds is 4. The fourth-order valence-corrected chi connectivity index (χ4v) is 3.07. The highest BCUT2D eigenvalue weighted by atomic mass is 16.2. The molecule has 2 atom stereocenters. The summed E-state index contributed by atoms with van der Waals surface area (Å²) in [4.78, 5) is 14.7. The van der Waals surface area contributed by atoms with Crippen molar-refractivity contribution in [3.63, 3.8) is 0 Å². The first-order valence-corrected chi connectivity index (χ1v) is 7.89. The van der Waals surface area contributed by atoms with Crippen LogP contribution in [0.5, 0.6) is 0 Å². The van der Waals surface area contributed by atoms with Crippen LogP contribution in [0.2, 0.25) is 0 Å². The Morgan fingerprint density at radius 1 is 1.09 bits per heavy atom. The van der Waals surface area contributed by atoms with Crippen molar-refractivity contribution in [1.29, 1.82) is 0 Å². The second-order valence-electron chi connectivity index (χ2n) is 5.92. The molecule has 0 aromatic heterocycles. The van der Waals surface area contributed by atoms with Gasteiger partial charge in [-0.05, 0) is 43.5 Å². The van der Waals surface area contributed by atoms with Gasteiger partial charge in [0.2, 0.25) is 5.91 Å². The minimum Gasteiger partial charge on any atom is -0.325 e. The average molecular weight is 294 g/mol. The number of anilines is 1. The molecule has 3 heteroatoms. The number of hydrogen-bond donors (Lipinski definition) is 1. The zero-order valence-electron chi connectivity index (χ0n) is 12.9. The van der Waals surface area contributed by atoms with Crippen molar-refractivity contribution < 1.29 is 4.79 Å². The summed E-state index contributed by atoms with van der Waals surface area (Å²) in [6.45, 7) is 3.92. The fourth-order valence-electron chi connectivity index (χ4n) is 3.07. The second-order valence-corrected chi connectivity index (χ2v) is 5.92. The Morgan fingerprint density at radius 3 is 2.41 bits per heavy atom. The van der Waals surface area contributed by atoms with Crippen molar-refractivity contribution >= 4 is 11.6 Å². The van der Waals surface area contributed by atoms with Gasteiger partial charge in [0.15, 0.2) is 0 Å². The maximum absolute atomic E-state index is 12.4. The van der Waals surface area contributed by atoms with Gasteiger partial charge in [-0.15, -0.1) is 0 Å². The van der Waals surface area contributed by atoms with Crippen LogP contribution in [0.15, 0.2) is 60.7 Å². The Balaban J connectivity index is 1.59. The third kappa shape index (κ3) is 3.37. The molecule has 2 aromatic rings. The molecular weight excluding hydrogens is 272 g/mol. The van der Waals surface area contributed by atoms with E-state index in [1.54, 1.807) is 0 Å². The zero-order chi connectivity index (χ0) is 15.4. The van der Waals surface area contributed by atoms with Crippen molar-refractivity contribution in [2.45, 2.75) is 25.3 Å². The lowest BCUT2D eigenvalue weighted by molar-refractivity contribution is -0.120. The quantitative estimate of drug-likeness (QED) is 0.936. The smallest absolute Gasteiger partial charge is 0.241 e. The first-order valence-electron chi connectivity index (χ1n) is 7.89. The van der Waals surface area contributed by atoms with Crippen molar-refractivity contribution in [2.75, 3.05) is 18.4 Å². The van der Waals surface area contributed by atoms with Gasteiger partial charge in [0, 0.05) is 12.2 Å². The standard InChI is InChI=1S/C19H22N2O/c1-15(19(22)20-18-10-6-3-7-11-18)21-13-12-17(14-21)16-8-4-2-5-9-16/h2-11,15,17H,12-14H2,1H3,(H,20,22)/t15-,17-/m0/s1. The molecular formula is C19H22N2O. The molecule has 1 saturated heterocycles. The first-order chi connectivity index (χ1) is 10.7. The molecule has 1 fully saturated rings. The van der Waals surface area contributed by atoms with Gasteiger partial charge in [0.1, 0.15) is 0 Å². The zero-order valence-corrected chi connectivity index (χ0v) is 12.9. The van der Waals surface area contributed by atoms with E-state index in [1.165, 1.54) is 5.56 Å². The van der Waals surface area contributed by atoms with Crippen LogP contribution in [-0.4, -0.2) is 29.9 Å². The number of para-hydroxylation sites is 1. The highest BCUT2D eigenvalue weighted by Crippen LogP contribution is 2.28. The van der Waals surface area contributed by atoms with E-state index in [2.05, 4.69) is 34.5 Å². The molecule has 22 heavy (non-hydrogen) atoms. The average Bonchev–Trinajstić information content (AvgIpc) is 3.06. The third-order valence-corrected chi connectivity index (χ3v) is 4.46. The van der Waals surface area contributed by atoms with Crippen LogP contribution in [0.4, 0.5) is 5.69 Å². The van der Waals surface area contributed by atoms with Crippen LogP contribution < -0.4 is 5.32 Å². The number of carbonyl (C=O) groups excluding carboxylic acids is 1. The highest BCUT2D eigenvalue weighted by Gasteiger charge is 2.30. The summed E-state index contributed by atoms with van der Waals surface area (Å²) < 4.78 is 0. The minimum absolute atomic E-state index is 0.0694. The number of nitrogens with zero attached hydrogens (tertiary/aromatic N) is 1. The second kappa shape index (κ2) is 6.75. The summed E-state index contributed by atoms with van der Waals surface area (Å²) in [5, 5.41) is 2.99. The van der Waals surface area contributed by atoms with Gasteiger partial charge in [-0.1, -0.05) is 48.5 Å². The summed E-state index contributed by atoms with van der Waals surface area (Å²) >= 11 is 0. The van der Waals surface area contributed by atoms with Crippen LogP contribution in [0, 0.1) is 0 Å². The maximum atomic E-state index is 12.4. The summed E-state index contributed by atoms with van der Waals surface area (Å²) in [6.07, 6.45) is 1.12. The largest absolute Gasteiger partial charge is 0.325 e. The summed E-state index contributed by atoms with van der Waals surface area (Å²) in [7, 11) is 0. The van der Waals surface area contributed by atoms with Gasteiger partial charge in [-0.3, -0.25) is 9.69 Å². The lowest BCUT2D eigenvalue weighted by Crippen LogP contribution is -2.40. The Hall–Kier alpha value is -2.13. The van der Waals surface area contributed by atoms with Gasteiger partial charge in [0.25, 0.3) is 0 Å². The maximum Gasteiger partial charge on any atom is 0.241 e. The molecule has 0 unspecified atom stereocenters. The highest BCUT2D eigenvalue weighted by molar-refractivity contribution is 5.94. The van der Waals surface area contributed by atoms with Gasteiger partial charge in [-0.25, -0.2) is 0 Å². The van der Waals surface area contributed by atoms with E-state index in [0.29, 0.717) is 5.92 Å². The Morgan fingerprint density at radius 2 is 1.73 bits per heavy atom. The summed E-state index contributed by atoms with van der Waals surface area (Å²) in [5.74, 6) is 0.605. The van der Waals surface area contributed by atoms with Crippen molar-refractivity contribution in [1.82, 2.24) is 4.90 Å². The number of amides is 1. The monoisotopic (exact) mass is 294 g/mol. The van der Waals surface area contributed by atoms with Crippen LogP contribution in [0.1, 0.15) is 24.8 Å². The molecule has 1 amide bonds. The normalized spacial score (nSPS) is 19.8. The van der Waals surface area contributed by atoms with Crippen LogP contribution in [0.25, 0.3) is 0 Å². The predicted molar refractivity (Wildman–Crippen MR) is 89.9 cm³/mol. The van der Waals surface area contributed by atoms with E-state index < -0.39 is 0 Å². The molecule has 0 radical (unpaired) electrons. The lowest BCUT2D eigenvalue weighted by Gasteiger charge is -2.23. The minimum atomic E-state index is -0.103. The van der Waals surface area contributed by atoms with E-state index >= 15 is 0 Å². The van der Waals surface area contributed by atoms with Crippen molar-refractivity contribution in [2.24, 2.45) is 0 Å². The molecule has 0 bridgehead atoms. The Labute approximate surface area is 132 Å². The molecule has 1 aliphatic rings. The molecule has 1 N–H and O–H groups in total. The van der Waals surface area contributed by atoms with Crippen LogP contribution >= 0.6 is 0 Å². The molecule has 2 aromatic carbocycles. The number of carbonyl (C=O) groups is 1. The van der Waals surface area contributed by atoms with E-state index in [0.717, 1.165) is 25.2 Å². The Bertz CT molecular complexity index is 612. The number of hydrogen-bond acceptors (Lipinski definition) is 2. The molecule has 0 spiro atoms. The summed E-state index contributed by atoms with van der Waals surface area (Å²) in [6, 6.07) is 20.1. The molecule has 3 nitrogen and oxygen atoms in total. The van der Waals surface area contributed by atoms with E-state index in [1.807, 2.05) is 43.3 Å². The van der Waals surface area contributed by atoms with Gasteiger partial charge in [0.05, 0.1) is 6.04 Å². The van der Waals surface area contributed by atoms with Crippen molar-refractivity contribution in [3.05, 3.63) is 66.2 Å². The van der Waals surface area contributed by atoms with E-state index in [-0.39, 0.29) is 11.9 Å². The van der Waals surface area contributed by atoms with Crippen LogP contribution in [0.3, 0.4) is 0 Å². The number of benzene rings is 2. The molecule has 1 aliphatic heterocycles. The fraction of sp³-hybridized carbons (Fsp3) is 0.316. The van der Waals surface area contributed by atoms with Crippen molar-refractivity contribution in [3.8, 4) is 0 Å². The predicted octanol–water partition coefficient (Wildman–Crippen LogP) is 3.50. The Kier molecular flexibility index (Phi) is 4.54. The first kappa shape index (κ1) is 14.8. The van der Waals surface area contributed by atoms with Gasteiger partial charge < -0.3 is 5.32 Å². The third-order valence-electron chi connectivity index (χ3n) is 4.46. The topological polar surface area (TPSA) is 32.3 Å². The van der Waals surface area contributed by atoms with Crippen LogP contribution in [-0.2, 0) is 4.79 Å². The molecule has 114 valence electrons. The van der Waals surface area contributed by atoms with E-state index in [4.69, 9.17) is 0 Å². The van der Waals surface area contributed by atoms with E-state index in [9.17, 15) is 4.79 Å². The van der Waals surface area contributed by atoms with Gasteiger partial charge >= 0.3 is 0 Å². The number of likely N-dealkylation sites (tertiary alicyclic amines) is 1. The lowest BCUT2D eigenvalue weighted by atomic mass is 9.99. The van der Waals surface area contributed by atoms with Gasteiger partial charge in [-0.2, -0.15) is 0 Å². The molecule has 1 heterocycles. The molecule has 0 aliphatic carbocycles.